The zero-order valence-electron chi connectivity index (χ0n) is 11.7. The van der Waals surface area contributed by atoms with Gasteiger partial charge in [-0.15, -0.1) is 0 Å². The van der Waals surface area contributed by atoms with Gasteiger partial charge in [-0.1, -0.05) is 6.07 Å². The number of hydrogen-bond donors (Lipinski definition) is 1. The number of amides is 1. The quantitative estimate of drug-likeness (QED) is 0.933. The first-order chi connectivity index (χ1) is 9.95. The monoisotopic (exact) mass is 297 g/mol. The number of likely N-dealkylation sites (tertiary alicyclic amines) is 1. The van der Waals surface area contributed by atoms with Crippen molar-refractivity contribution in [3.8, 4) is 0 Å². The number of carbonyl (C=O) groups excluding carboxylic acids is 1. The minimum atomic E-state index is -1.04. The van der Waals surface area contributed by atoms with Crippen LogP contribution in [0.4, 0.5) is 8.78 Å². The lowest BCUT2D eigenvalue weighted by Crippen LogP contribution is -2.38. The lowest BCUT2D eigenvalue weighted by Gasteiger charge is -2.33. The van der Waals surface area contributed by atoms with Crippen molar-refractivity contribution in [2.75, 3.05) is 6.54 Å². The Labute approximate surface area is 121 Å². The molecular weight excluding hydrogens is 280 g/mol. The summed E-state index contributed by atoms with van der Waals surface area (Å²) >= 11 is 0. The molecule has 1 saturated heterocycles. The summed E-state index contributed by atoms with van der Waals surface area (Å²) in [5.41, 5.74) is 0.318. The number of carboxylic acid groups (broad SMARTS) is 1. The Morgan fingerprint density at radius 2 is 2.10 bits per heavy atom. The molecule has 114 valence electrons. The molecule has 2 unspecified atom stereocenters. The predicted molar refractivity (Wildman–Crippen MR) is 71.5 cm³/mol. The van der Waals surface area contributed by atoms with E-state index in [1.807, 2.05) is 0 Å². The maximum Gasteiger partial charge on any atom is 0.308 e. The number of halogens is 2. The summed E-state index contributed by atoms with van der Waals surface area (Å²) in [7, 11) is 0. The van der Waals surface area contributed by atoms with E-state index in [-0.39, 0.29) is 12.3 Å². The molecule has 1 heterocycles. The van der Waals surface area contributed by atoms with Crippen molar-refractivity contribution in [1.82, 2.24) is 4.90 Å². The maximum atomic E-state index is 13.5. The number of carboxylic acids is 1. The molecule has 4 nitrogen and oxygen atoms in total. The minimum Gasteiger partial charge on any atom is -0.481 e. The molecule has 21 heavy (non-hydrogen) atoms. The standard InChI is InChI=1S/C15H17F2NO3/c1-2-18-13(19)5-3-4-10(15(20)21)14(18)9-6-7-11(16)12(17)8-9/h6-8,10,14H,2-5H2,1H3,(H,20,21). The molecule has 0 bridgehead atoms. The molecule has 1 aromatic rings. The van der Waals surface area contributed by atoms with Crippen LogP contribution in [-0.2, 0) is 9.59 Å². The van der Waals surface area contributed by atoms with Gasteiger partial charge in [0.25, 0.3) is 0 Å². The molecule has 1 fully saturated rings. The Kier molecular flexibility index (Phi) is 4.55. The SMILES string of the molecule is CCN1C(=O)CCCC(C(=O)O)C1c1ccc(F)c(F)c1. The lowest BCUT2D eigenvalue weighted by atomic mass is 9.89. The number of rotatable bonds is 3. The summed E-state index contributed by atoms with van der Waals surface area (Å²) in [6.07, 6.45) is 1.09. The molecule has 0 spiro atoms. The van der Waals surface area contributed by atoms with Crippen LogP contribution in [0.2, 0.25) is 0 Å². The van der Waals surface area contributed by atoms with Gasteiger partial charge in [0.2, 0.25) is 5.91 Å². The molecule has 1 aromatic carbocycles. The van der Waals surface area contributed by atoms with Crippen molar-refractivity contribution >= 4 is 11.9 Å². The van der Waals surface area contributed by atoms with Gasteiger partial charge in [0.15, 0.2) is 11.6 Å². The van der Waals surface area contributed by atoms with Crippen molar-refractivity contribution in [3.05, 3.63) is 35.4 Å². The molecule has 2 atom stereocenters. The number of nitrogens with zero attached hydrogens (tertiary/aromatic N) is 1. The van der Waals surface area contributed by atoms with Gasteiger partial charge >= 0.3 is 5.97 Å². The second kappa shape index (κ2) is 6.20. The molecule has 0 radical (unpaired) electrons. The molecule has 2 rings (SSSR count). The van der Waals surface area contributed by atoms with Gasteiger partial charge in [-0.05, 0) is 37.5 Å². The fourth-order valence-electron chi connectivity index (χ4n) is 2.89. The van der Waals surface area contributed by atoms with Crippen molar-refractivity contribution in [2.24, 2.45) is 5.92 Å². The fourth-order valence-corrected chi connectivity index (χ4v) is 2.89. The van der Waals surface area contributed by atoms with Gasteiger partial charge < -0.3 is 10.0 Å². The summed E-state index contributed by atoms with van der Waals surface area (Å²) in [5, 5.41) is 9.41. The first kappa shape index (κ1) is 15.4. The van der Waals surface area contributed by atoms with E-state index in [1.165, 1.54) is 11.0 Å². The molecule has 1 aliphatic rings. The highest BCUT2D eigenvalue weighted by molar-refractivity contribution is 5.79. The third-order valence-corrected chi connectivity index (χ3v) is 3.89. The van der Waals surface area contributed by atoms with Gasteiger partial charge in [-0.2, -0.15) is 0 Å². The average Bonchev–Trinajstić information content (AvgIpc) is 2.60. The van der Waals surface area contributed by atoms with Crippen LogP contribution in [0.5, 0.6) is 0 Å². The van der Waals surface area contributed by atoms with E-state index in [1.54, 1.807) is 6.92 Å². The van der Waals surface area contributed by atoms with E-state index in [0.29, 0.717) is 24.9 Å². The molecule has 1 amide bonds. The number of carbonyl (C=O) groups is 2. The zero-order chi connectivity index (χ0) is 15.6. The van der Waals surface area contributed by atoms with Gasteiger partial charge in [0.05, 0.1) is 12.0 Å². The second-order valence-electron chi connectivity index (χ2n) is 5.14. The normalized spacial score (nSPS) is 23.0. The van der Waals surface area contributed by atoms with Crippen LogP contribution in [0.3, 0.4) is 0 Å². The summed E-state index contributed by atoms with van der Waals surface area (Å²) in [5.74, 6) is -4.03. The smallest absolute Gasteiger partial charge is 0.308 e. The summed E-state index contributed by atoms with van der Waals surface area (Å²) in [6, 6.07) is 2.53. The van der Waals surface area contributed by atoms with E-state index in [0.717, 1.165) is 12.1 Å². The van der Waals surface area contributed by atoms with Crippen LogP contribution in [0, 0.1) is 17.6 Å². The molecule has 6 heteroatoms. The lowest BCUT2D eigenvalue weighted by molar-refractivity contribution is -0.146. The molecule has 1 aliphatic heterocycles. The van der Waals surface area contributed by atoms with E-state index in [4.69, 9.17) is 0 Å². The molecule has 0 saturated carbocycles. The van der Waals surface area contributed by atoms with Crippen LogP contribution in [0.25, 0.3) is 0 Å². The Bertz CT molecular complexity index is 560. The third-order valence-electron chi connectivity index (χ3n) is 3.89. The van der Waals surface area contributed by atoms with Crippen molar-refractivity contribution in [3.63, 3.8) is 0 Å². The Balaban J connectivity index is 2.50. The maximum absolute atomic E-state index is 13.5. The largest absolute Gasteiger partial charge is 0.481 e. The van der Waals surface area contributed by atoms with Gasteiger partial charge in [0, 0.05) is 13.0 Å². The highest BCUT2D eigenvalue weighted by atomic mass is 19.2. The summed E-state index contributed by atoms with van der Waals surface area (Å²) < 4.78 is 26.6. The van der Waals surface area contributed by atoms with E-state index in [9.17, 15) is 23.5 Å². The molecular formula is C15H17F2NO3. The first-order valence-electron chi connectivity index (χ1n) is 6.93. The second-order valence-corrected chi connectivity index (χ2v) is 5.14. The number of aliphatic carboxylic acids is 1. The van der Waals surface area contributed by atoms with Gasteiger partial charge in [0.1, 0.15) is 0 Å². The Morgan fingerprint density at radius 1 is 1.38 bits per heavy atom. The van der Waals surface area contributed by atoms with Crippen molar-refractivity contribution in [2.45, 2.75) is 32.2 Å². The Morgan fingerprint density at radius 3 is 2.67 bits per heavy atom. The highest BCUT2D eigenvalue weighted by Crippen LogP contribution is 2.36. The first-order valence-corrected chi connectivity index (χ1v) is 6.93. The zero-order valence-corrected chi connectivity index (χ0v) is 11.7. The highest BCUT2D eigenvalue weighted by Gasteiger charge is 2.38. The topological polar surface area (TPSA) is 57.6 Å². The molecule has 1 N–H and O–H groups in total. The van der Waals surface area contributed by atoms with Gasteiger partial charge in [-0.3, -0.25) is 9.59 Å². The predicted octanol–water partition coefficient (Wildman–Crippen LogP) is 2.74. The van der Waals surface area contributed by atoms with E-state index < -0.39 is 29.6 Å². The summed E-state index contributed by atoms with van der Waals surface area (Å²) in [4.78, 5) is 25.1. The molecule has 0 aromatic heterocycles. The van der Waals surface area contributed by atoms with Crippen molar-refractivity contribution in [1.29, 1.82) is 0 Å². The van der Waals surface area contributed by atoms with Gasteiger partial charge in [-0.25, -0.2) is 8.78 Å². The number of benzene rings is 1. The average molecular weight is 297 g/mol. The summed E-state index contributed by atoms with van der Waals surface area (Å²) in [6.45, 7) is 2.07. The molecule has 0 aliphatic carbocycles. The third kappa shape index (κ3) is 3.04. The minimum absolute atomic E-state index is 0.156. The van der Waals surface area contributed by atoms with E-state index in [2.05, 4.69) is 0 Å². The number of hydrogen-bond acceptors (Lipinski definition) is 2. The van der Waals surface area contributed by atoms with Crippen LogP contribution in [0.1, 0.15) is 37.8 Å². The van der Waals surface area contributed by atoms with Crippen molar-refractivity contribution < 1.29 is 23.5 Å². The fraction of sp³-hybridized carbons (Fsp3) is 0.467. The van der Waals surface area contributed by atoms with Crippen LogP contribution in [-0.4, -0.2) is 28.4 Å². The Hall–Kier alpha value is -1.98. The van der Waals surface area contributed by atoms with Crippen LogP contribution < -0.4 is 0 Å². The van der Waals surface area contributed by atoms with Crippen LogP contribution in [0.15, 0.2) is 18.2 Å². The van der Waals surface area contributed by atoms with Crippen LogP contribution >= 0.6 is 0 Å². The van der Waals surface area contributed by atoms with E-state index >= 15 is 0 Å².